The Bertz CT molecular complexity index is 784. The summed E-state index contributed by atoms with van der Waals surface area (Å²) in [5, 5.41) is 14.4. The summed E-state index contributed by atoms with van der Waals surface area (Å²) >= 11 is 4.90. The highest BCUT2D eigenvalue weighted by Crippen LogP contribution is 2.36. The lowest BCUT2D eigenvalue weighted by Crippen LogP contribution is -2.67. The number of nitrogens with one attached hydrogen (secondary N) is 2. The molecule has 1 aliphatic heterocycles. The average molecular weight is 507 g/mol. The Kier molecular flexibility index (Phi) is 9.72. The van der Waals surface area contributed by atoms with Gasteiger partial charge in [-0.1, -0.05) is 39.4 Å². The zero-order valence-electron chi connectivity index (χ0n) is 19.9. The number of thiocarbonyl (C=S) groups is 1. The minimum atomic E-state index is -2.63. The monoisotopic (exact) mass is 506 g/mol. The average Bonchev–Trinajstić information content (AvgIpc) is 3.27. The number of aliphatic hydroxyl groups is 1. The molecule has 34 heavy (non-hydrogen) atoms. The maximum absolute atomic E-state index is 13.3. The number of hydrogen-bond donors (Lipinski definition) is 4. The minimum absolute atomic E-state index is 0.0205. The third-order valence-corrected chi connectivity index (χ3v) is 6.81. The van der Waals surface area contributed by atoms with Gasteiger partial charge in [-0.2, -0.15) is 5.43 Å². The van der Waals surface area contributed by atoms with Crippen molar-refractivity contribution in [3.05, 3.63) is 0 Å². The lowest BCUT2D eigenvalue weighted by molar-refractivity contribution is -0.189. The van der Waals surface area contributed by atoms with E-state index in [0.29, 0.717) is 12.8 Å². The van der Waals surface area contributed by atoms with Crippen molar-refractivity contribution in [3.63, 3.8) is 0 Å². The molecule has 5 N–H and O–H groups in total. The van der Waals surface area contributed by atoms with Crippen LogP contribution in [0.15, 0.2) is 0 Å². The van der Waals surface area contributed by atoms with Crippen molar-refractivity contribution in [2.45, 2.75) is 83.9 Å². The highest BCUT2D eigenvalue weighted by atomic mass is 32.1. The van der Waals surface area contributed by atoms with Gasteiger partial charge in [-0.05, 0) is 31.1 Å². The van der Waals surface area contributed by atoms with Gasteiger partial charge >= 0.3 is 5.97 Å². The molecule has 1 aliphatic carbocycles. The normalized spacial score (nSPS) is 26.3. The molecule has 0 bridgehead atoms. The molecule has 0 radical (unpaired) electrons. The first-order chi connectivity index (χ1) is 15.8. The third kappa shape index (κ3) is 7.29. The Labute approximate surface area is 204 Å². The molecule has 2 unspecified atom stereocenters. The Balaban J connectivity index is 2.10. The lowest BCUT2D eigenvalue weighted by Gasteiger charge is -2.40. The summed E-state index contributed by atoms with van der Waals surface area (Å²) < 4.78 is 31.9. The van der Waals surface area contributed by atoms with Crippen molar-refractivity contribution in [1.82, 2.24) is 15.8 Å². The minimum Gasteiger partial charge on any atom is -0.462 e. The van der Waals surface area contributed by atoms with Crippen molar-refractivity contribution >= 4 is 35.0 Å². The van der Waals surface area contributed by atoms with Crippen LogP contribution in [0.4, 0.5) is 8.78 Å². The first-order valence-electron chi connectivity index (χ1n) is 11.7. The molecule has 0 aromatic rings. The van der Waals surface area contributed by atoms with Gasteiger partial charge in [0.1, 0.15) is 6.04 Å². The van der Waals surface area contributed by atoms with Gasteiger partial charge in [0.25, 0.3) is 5.91 Å². The van der Waals surface area contributed by atoms with E-state index in [-0.39, 0.29) is 49.2 Å². The maximum Gasteiger partial charge on any atom is 0.355 e. The fourth-order valence-corrected chi connectivity index (χ4v) is 4.27. The van der Waals surface area contributed by atoms with E-state index in [1.807, 2.05) is 20.8 Å². The van der Waals surface area contributed by atoms with E-state index < -0.39 is 47.8 Å². The number of carbonyl (C=O) groups is 3. The fraction of sp³-hybridized carbons (Fsp3) is 0.818. The van der Waals surface area contributed by atoms with Crippen molar-refractivity contribution < 1.29 is 33.0 Å². The quantitative estimate of drug-likeness (QED) is 0.259. The van der Waals surface area contributed by atoms with Crippen LogP contribution in [-0.2, 0) is 19.1 Å². The first-order valence-corrected chi connectivity index (χ1v) is 12.1. The molecule has 12 heteroatoms. The summed E-state index contributed by atoms with van der Waals surface area (Å²) in [5.74, 6) is -4.24. The molecule has 2 fully saturated rings. The number of nitrogens with zero attached hydrogens (tertiary/aromatic N) is 1. The predicted octanol–water partition coefficient (Wildman–Crippen LogP) is 1.62. The van der Waals surface area contributed by atoms with Crippen molar-refractivity contribution in [2.24, 2.45) is 23.0 Å². The number of nitrogens with two attached hydrogens (primary N) is 1. The first kappa shape index (κ1) is 28.3. The topological polar surface area (TPSA) is 134 Å². The van der Waals surface area contributed by atoms with Crippen LogP contribution in [0.2, 0.25) is 0 Å². The van der Waals surface area contributed by atoms with E-state index in [9.17, 15) is 28.3 Å². The van der Waals surface area contributed by atoms with Gasteiger partial charge in [-0.3, -0.25) is 14.6 Å². The van der Waals surface area contributed by atoms with Gasteiger partial charge in [0.15, 0.2) is 0 Å². The summed E-state index contributed by atoms with van der Waals surface area (Å²) in [4.78, 5) is 38.5. The highest BCUT2D eigenvalue weighted by Gasteiger charge is 2.45. The number of alkyl halides is 2. The largest absolute Gasteiger partial charge is 0.462 e. The van der Waals surface area contributed by atoms with E-state index in [4.69, 9.17) is 22.7 Å². The van der Waals surface area contributed by atoms with E-state index >= 15 is 0 Å². The van der Waals surface area contributed by atoms with E-state index in [1.54, 1.807) is 0 Å². The highest BCUT2D eigenvalue weighted by molar-refractivity contribution is 7.80. The summed E-state index contributed by atoms with van der Waals surface area (Å²) in [6.45, 7) is 6.02. The van der Waals surface area contributed by atoms with Crippen LogP contribution in [0.5, 0.6) is 0 Å². The molecular weight excluding hydrogens is 470 g/mol. The summed E-state index contributed by atoms with van der Waals surface area (Å²) in [6.07, 6.45) is -0.734. The van der Waals surface area contributed by atoms with Crippen molar-refractivity contribution in [2.75, 3.05) is 13.2 Å². The summed E-state index contributed by atoms with van der Waals surface area (Å²) in [7, 11) is 0. The lowest BCUT2D eigenvalue weighted by atomic mass is 9.91. The SMILES string of the molecule is CCC(C)(C)COC(=O)[C@@]1(O)CCCN(C(=O)[C@H](CC(N)=S)NC(=O)C2CCCC2C(F)F)N1. The fourth-order valence-electron chi connectivity index (χ4n) is 4.11. The molecule has 0 aromatic heterocycles. The van der Waals surface area contributed by atoms with E-state index in [1.165, 1.54) is 0 Å². The number of esters is 1. The number of amides is 2. The van der Waals surface area contributed by atoms with Gasteiger partial charge in [-0.25, -0.2) is 13.6 Å². The Morgan fingerprint density at radius 1 is 1.32 bits per heavy atom. The molecule has 9 nitrogen and oxygen atoms in total. The molecule has 0 aromatic carbocycles. The predicted molar refractivity (Wildman–Crippen MR) is 124 cm³/mol. The maximum atomic E-state index is 13.3. The number of halogens is 2. The summed E-state index contributed by atoms with van der Waals surface area (Å²) in [5.41, 5.74) is 5.72. The van der Waals surface area contributed by atoms with Crippen molar-refractivity contribution in [1.29, 1.82) is 0 Å². The standard InChI is InChI=1S/C22H36F2N4O5S/c1-4-21(2,3)12-33-20(31)22(32)9-6-10-28(27-22)19(30)15(11-16(25)34)26-18(29)14-8-5-7-13(14)17(23)24/h13-15,17,27,32H,4-12H2,1-3H3,(H2,25,34)(H,26,29)/t13?,14?,15-,22-/m0/s1. The zero-order valence-corrected chi connectivity index (χ0v) is 20.8. The molecule has 194 valence electrons. The van der Waals surface area contributed by atoms with Gasteiger partial charge < -0.3 is 20.9 Å². The third-order valence-electron chi connectivity index (χ3n) is 6.64. The van der Waals surface area contributed by atoms with Gasteiger partial charge in [-0.15, -0.1) is 0 Å². The van der Waals surface area contributed by atoms with Crippen LogP contribution >= 0.6 is 12.2 Å². The molecule has 0 spiro atoms. The number of hydrogen-bond acceptors (Lipinski definition) is 7. The molecule has 1 saturated carbocycles. The molecular formula is C22H36F2N4O5S. The van der Waals surface area contributed by atoms with Gasteiger partial charge in [0.05, 0.1) is 11.6 Å². The molecule has 2 aliphatic rings. The van der Waals surface area contributed by atoms with Crippen LogP contribution in [0, 0.1) is 17.3 Å². The Hall–Kier alpha value is -1.92. The molecule has 1 saturated heterocycles. The molecule has 2 amide bonds. The zero-order chi connectivity index (χ0) is 25.7. The second-order valence-electron chi connectivity index (χ2n) is 9.93. The Morgan fingerprint density at radius 3 is 2.59 bits per heavy atom. The van der Waals surface area contributed by atoms with Crippen LogP contribution in [-0.4, -0.2) is 64.2 Å². The number of hydrazine groups is 1. The molecule has 2 rings (SSSR count). The van der Waals surface area contributed by atoms with Crippen LogP contribution in [0.25, 0.3) is 0 Å². The van der Waals surface area contributed by atoms with Gasteiger partial charge in [0, 0.05) is 31.2 Å². The van der Waals surface area contributed by atoms with Gasteiger partial charge in [0.2, 0.25) is 18.1 Å². The second-order valence-corrected chi connectivity index (χ2v) is 10.5. The summed E-state index contributed by atoms with van der Waals surface area (Å²) in [6, 6.07) is -1.23. The second kappa shape index (κ2) is 11.7. The molecule has 4 atom stereocenters. The Morgan fingerprint density at radius 2 is 2.00 bits per heavy atom. The van der Waals surface area contributed by atoms with Crippen molar-refractivity contribution in [3.8, 4) is 0 Å². The van der Waals surface area contributed by atoms with Crippen LogP contribution in [0.3, 0.4) is 0 Å². The van der Waals surface area contributed by atoms with Crippen LogP contribution in [0.1, 0.15) is 65.7 Å². The number of ether oxygens (including phenoxy) is 1. The smallest absolute Gasteiger partial charge is 0.355 e. The van der Waals surface area contributed by atoms with Crippen LogP contribution < -0.4 is 16.5 Å². The van der Waals surface area contributed by atoms with E-state index in [2.05, 4.69) is 10.7 Å². The molecule has 1 heterocycles. The number of rotatable bonds is 10. The van der Waals surface area contributed by atoms with E-state index in [0.717, 1.165) is 11.4 Å². The number of carbonyl (C=O) groups excluding carboxylic acids is 3.